The molecule has 5 nitrogen and oxygen atoms in total. The summed E-state index contributed by atoms with van der Waals surface area (Å²) < 4.78 is 10.4. The predicted molar refractivity (Wildman–Crippen MR) is 64.9 cm³/mol. The lowest BCUT2D eigenvalue weighted by Crippen LogP contribution is -2.58. The van der Waals surface area contributed by atoms with Crippen molar-refractivity contribution in [3.8, 4) is 0 Å². The standard InChI is InChI=1S/C13H21NO4/c1-3-18-12(16)10-9-17-8-7-13(5-4-6-13)14(2)11(10)15/h10H,3-9H2,1-2H3. The van der Waals surface area contributed by atoms with Crippen LogP contribution in [0.3, 0.4) is 0 Å². The van der Waals surface area contributed by atoms with Crippen LogP contribution in [-0.4, -0.2) is 49.2 Å². The molecule has 2 fully saturated rings. The van der Waals surface area contributed by atoms with Crippen LogP contribution in [0, 0.1) is 5.92 Å². The Hall–Kier alpha value is -1.10. The van der Waals surface area contributed by atoms with Crippen LogP contribution >= 0.6 is 0 Å². The highest BCUT2D eigenvalue weighted by atomic mass is 16.5. The lowest BCUT2D eigenvalue weighted by Gasteiger charge is -2.50. The number of rotatable bonds is 2. The van der Waals surface area contributed by atoms with Gasteiger partial charge in [0.1, 0.15) is 0 Å². The Morgan fingerprint density at radius 3 is 2.78 bits per heavy atom. The Morgan fingerprint density at radius 2 is 2.22 bits per heavy atom. The number of esters is 1. The largest absolute Gasteiger partial charge is 0.465 e. The summed E-state index contributed by atoms with van der Waals surface area (Å²) in [5.74, 6) is -1.42. The molecule has 0 aromatic heterocycles. The summed E-state index contributed by atoms with van der Waals surface area (Å²) >= 11 is 0. The van der Waals surface area contributed by atoms with Gasteiger partial charge in [-0.2, -0.15) is 0 Å². The molecule has 1 unspecified atom stereocenters. The van der Waals surface area contributed by atoms with Crippen molar-refractivity contribution in [1.82, 2.24) is 4.90 Å². The highest BCUT2D eigenvalue weighted by molar-refractivity contribution is 5.98. The summed E-state index contributed by atoms with van der Waals surface area (Å²) in [5, 5.41) is 0. The van der Waals surface area contributed by atoms with E-state index in [-0.39, 0.29) is 24.7 Å². The Morgan fingerprint density at radius 1 is 1.50 bits per heavy atom. The molecule has 5 heteroatoms. The molecule has 1 heterocycles. The lowest BCUT2D eigenvalue weighted by atomic mass is 9.72. The normalized spacial score (nSPS) is 27.3. The van der Waals surface area contributed by atoms with Gasteiger partial charge in [0.2, 0.25) is 5.91 Å². The predicted octanol–water partition coefficient (Wildman–Crippen LogP) is 0.967. The van der Waals surface area contributed by atoms with Gasteiger partial charge in [-0.05, 0) is 32.6 Å². The van der Waals surface area contributed by atoms with E-state index in [4.69, 9.17) is 9.47 Å². The summed E-state index contributed by atoms with van der Waals surface area (Å²) in [6.07, 6.45) is 4.02. The molecule has 1 saturated heterocycles. The van der Waals surface area contributed by atoms with Crippen molar-refractivity contribution in [3.63, 3.8) is 0 Å². The molecule has 0 radical (unpaired) electrons. The number of amides is 1. The Labute approximate surface area is 107 Å². The Bertz CT molecular complexity index is 338. The maximum absolute atomic E-state index is 12.4. The molecule has 102 valence electrons. The highest BCUT2D eigenvalue weighted by Gasteiger charge is 2.46. The van der Waals surface area contributed by atoms with Crippen molar-refractivity contribution in [3.05, 3.63) is 0 Å². The van der Waals surface area contributed by atoms with Crippen molar-refractivity contribution in [2.75, 3.05) is 26.9 Å². The SMILES string of the molecule is CCOC(=O)C1COCCC2(CCC2)N(C)C1=O. The van der Waals surface area contributed by atoms with Gasteiger partial charge in [-0.25, -0.2) is 0 Å². The molecular weight excluding hydrogens is 234 g/mol. The number of ether oxygens (including phenoxy) is 2. The van der Waals surface area contributed by atoms with Crippen molar-refractivity contribution in [2.45, 2.75) is 38.1 Å². The molecule has 2 aliphatic rings. The van der Waals surface area contributed by atoms with Gasteiger partial charge >= 0.3 is 5.97 Å². The second kappa shape index (κ2) is 5.26. The van der Waals surface area contributed by atoms with Crippen LogP contribution in [0.2, 0.25) is 0 Å². The fourth-order valence-corrected chi connectivity index (χ4v) is 2.75. The molecule has 1 saturated carbocycles. The second-order valence-electron chi connectivity index (χ2n) is 5.10. The van der Waals surface area contributed by atoms with Crippen LogP contribution in [-0.2, 0) is 19.1 Å². The average molecular weight is 255 g/mol. The monoisotopic (exact) mass is 255 g/mol. The number of hydrogen-bond acceptors (Lipinski definition) is 4. The van der Waals surface area contributed by atoms with E-state index in [1.807, 2.05) is 0 Å². The van der Waals surface area contributed by atoms with E-state index in [9.17, 15) is 9.59 Å². The summed E-state index contributed by atoms with van der Waals surface area (Å²) in [6, 6.07) is 0. The van der Waals surface area contributed by atoms with E-state index in [0.29, 0.717) is 6.61 Å². The van der Waals surface area contributed by atoms with E-state index >= 15 is 0 Å². The summed E-state index contributed by atoms with van der Waals surface area (Å²) in [4.78, 5) is 25.9. The smallest absolute Gasteiger partial charge is 0.320 e. The van der Waals surface area contributed by atoms with E-state index < -0.39 is 11.9 Å². The molecule has 0 N–H and O–H groups in total. The maximum Gasteiger partial charge on any atom is 0.320 e. The van der Waals surface area contributed by atoms with E-state index in [2.05, 4.69) is 0 Å². The van der Waals surface area contributed by atoms with Gasteiger partial charge in [-0.1, -0.05) is 0 Å². The molecular formula is C13H21NO4. The van der Waals surface area contributed by atoms with Gasteiger partial charge in [0.05, 0.1) is 13.2 Å². The first-order valence-corrected chi connectivity index (χ1v) is 6.63. The fraction of sp³-hybridized carbons (Fsp3) is 0.846. The van der Waals surface area contributed by atoms with Gasteiger partial charge in [-0.3, -0.25) is 9.59 Å². The van der Waals surface area contributed by atoms with Crippen molar-refractivity contribution >= 4 is 11.9 Å². The van der Waals surface area contributed by atoms with Crippen LogP contribution in [0.15, 0.2) is 0 Å². The second-order valence-corrected chi connectivity index (χ2v) is 5.10. The Balaban J connectivity index is 2.12. The number of carbonyl (C=O) groups excluding carboxylic acids is 2. The zero-order chi connectivity index (χ0) is 13.2. The van der Waals surface area contributed by atoms with Crippen LogP contribution in [0.5, 0.6) is 0 Å². The highest BCUT2D eigenvalue weighted by Crippen LogP contribution is 2.41. The molecule has 1 atom stereocenters. The van der Waals surface area contributed by atoms with Crippen LogP contribution in [0.4, 0.5) is 0 Å². The van der Waals surface area contributed by atoms with Crippen LogP contribution < -0.4 is 0 Å². The fourth-order valence-electron chi connectivity index (χ4n) is 2.75. The van der Waals surface area contributed by atoms with Crippen molar-refractivity contribution in [1.29, 1.82) is 0 Å². The zero-order valence-electron chi connectivity index (χ0n) is 11.1. The first-order valence-electron chi connectivity index (χ1n) is 6.63. The van der Waals surface area contributed by atoms with Gasteiger partial charge in [0.15, 0.2) is 5.92 Å². The number of nitrogens with zero attached hydrogens (tertiary/aromatic N) is 1. The third kappa shape index (κ3) is 2.23. The maximum atomic E-state index is 12.4. The number of carbonyl (C=O) groups is 2. The van der Waals surface area contributed by atoms with Crippen LogP contribution in [0.25, 0.3) is 0 Å². The molecule has 0 bridgehead atoms. The van der Waals surface area contributed by atoms with Crippen molar-refractivity contribution < 1.29 is 19.1 Å². The minimum Gasteiger partial charge on any atom is -0.465 e. The van der Waals surface area contributed by atoms with E-state index in [0.717, 1.165) is 25.7 Å². The molecule has 1 aliphatic heterocycles. The minimum absolute atomic E-state index is 0.0811. The first kappa shape index (κ1) is 13.3. The molecule has 0 aromatic rings. The molecule has 1 aliphatic carbocycles. The van der Waals surface area contributed by atoms with Gasteiger partial charge in [0, 0.05) is 19.2 Å². The third-order valence-electron chi connectivity index (χ3n) is 4.19. The first-order chi connectivity index (χ1) is 8.60. The van der Waals surface area contributed by atoms with Gasteiger partial charge in [-0.15, -0.1) is 0 Å². The Kier molecular flexibility index (Phi) is 3.90. The molecule has 0 aromatic carbocycles. The third-order valence-corrected chi connectivity index (χ3v) is 4.19. The minimum atomic E-state index is -0.798. The van der Waals surface area contributed by atoms with Gasteiger partial charge < -0.3 is 14.4 Å². The number of hydrogen-bond donors (Lipinski definition) is 0. The van der Waals surface area contributed by atoms with Gasteiger partial charge in [0.25, 0.3) is 0 Å². The zero-order valence-corrected chi connectivity index (χ0v) is 11.1. The topological polar surface area (TPSA) is 55.8 Å². The van der Waals surface area contributed by atoms with Crippen LogP contribution in [0.1, 0.15) is 32.6 Å². The summed E-state index contributed by atoms with van der Waals surface area (Å²) in [5.41, 5.74) is -0.0811. The summed E-state index contributed by atoms with van der Waals surface area (Å²) in [7, 11) is 1.80. The lowest BCUT2D eigenvalue weighted by molar-refractivity contribution is -0.165. The average Bonchev–Trinajstić information content (AvgIpc) is 2.29. The van der Waals surface area contributed by atoms with E-state index in [1.54, 1.807) is 18.9 Å². The molecule has 1 spiro atoms. The molecule has 1 amide bonds. The van der Waals surface area contributed by atoms with Crippen molar-refractivity contribution in [2.24, 2.45) is 5.92 Å². The molecule has 2 rings (SSSR count). The van der Waals surface area contributed by atoms with E-state index in [1.165, 1.54) is 0 Å². The summed E-state index contributed by atoms with van der Waals surface area (Å²) in [6.45, 7) is 2.77. The quantitative estimate of drug-likeness (QED) is 0.545. The molecule has 18 heavy (non-hydrogen) atoms.